The van der Waals surface area contributed by atoms with Gasteiger partial charge in [0.25, 0.3) is 0 Å². The van der Waals surface area contributed by atoms with E-state index in [4.69, 9.17) is 11.6 Å². The second-order valence-electron chi connectivity index (χ2n) is 4.98. The normalized spacial score (nSPS) is 18.2. The molecule has 4 heteroatoms. The molecule has 0 spiro atoms. The van der Waals surface area contributed by atoms with Crippen LogP contribution in [0.15, 0.2) is 16.6 Å². The topological polar surface area (TPSA) is 0 Å². The van der Waals surface area contributed by atoms with E-state index in [9.17, 15) is 8.78 Å². The van der Waals surface area contributed by atoms with E-state index in [-0.39, 0.29) is 11.5 Å². The summed E-state index contributed by atoms with van der Waals surface area (Å²) in [5.41, 5.74) is 0.168. The fraction of sp³-hybridized carbons (Fsp3) is 0.571. The van der Waals surface area contributed by atoms with Gasteiger partial charge in [-0.2, -0.15) is 0 Å². The third-order valence-electron chi connectivity index (χ3n) is 3.87. The quantitative estimate of drug-likeness (QED) is 0.515. The van der Waals surface area contributed by atoms with Crippen LogP contribution < -0.4 is 0 Å². The van der Waals surface area contributed by atoms with Crippen LogP contribution >= 0.6 is 27.5 Å². The maximum atomic E-state index is 13.9. The van der Waals surface area contributed by atoms with Crippen molar-refractivity contribution in [1.29, 1.82) is 0 Å². The summed E-state index contributed by atoms with van der Waals surface area (Å²) in [5.74, 6) is 0.204. The van der Waals surface area contributed by atoms with Gasteiger partial charge in [0.05, 0.1) is 4.47 Å². The molecule has 1 atom stereocenters. The molecule has 0 heterocycles. The van der Waals surface area contributed by atoms with E-state index in [1.807, 2.05) is 0 Å². The first-order chi connectivity index (χ1) is 8.63. The highest BCUT2D eigenvalue weighted by Gasteiger charge is 2.26. The third kappa shape index (κ3) is 3.05. The molecule has 0 bridgehead atoms. The van der Waals surface area contributed by atoms with E-state index in [0.29, 0.717) is 22.7 Å². The average molecular weight is 338 g/mol. The fourth-order valence-corrected chi connectivity index (χ4v) is 3.53. The minimum Gasteiger partial charge on any atom is -0.207 e. The third-order valence-corrected chi connectivity index (χ3v) is 4.88. The molecular weight excluding hydrogens is 322 g/mol. The highest BCUT2D eigenvalue weighted by molar-refractivity contribution is 9.10. The molecule has 1 aromatic rings. The van der Waals surface area contributed by atoms with Crippen molar-refractivity contribution < 1.29 is 8.78 Å². The first-order valence-electron chi connectivity index (χ1n) is 6.31. The molecule has 0 aromatic heterocycles. The van der Waals surface area contributed by atoms with Crippen LogP contribution in [-0.2, 0) is 6.42 Å². The number of hydrogen-bond acceptors (Lipinski definition) is 0. The summed E-state index contributed by atoms with van der Waals surface area (Å²) in [4.78, 5) is 0. The van der Waals surface area contributed by atoms with E-state index in [1.165, 1.54) is 25.0 Å². The van der Waals surface area contributed by atoms with E-state index in [0.717, 1.165) is 12.8 Å². The lowest BCUT2D eigenvalue weighted by Crippen LogP contribution is -2.18. The number of alkyl halides is 1. The first kappa shape index (κ1) is 14.3. The molecule has 1 aliphatic carbocycles. The van der Waals surface area contributed by atoms with Gasteiger partial charge in [0.1, 0.15) is 11.6 Å². The predicted molar refractivity (Wildman–Crippen MR) is 73.9 cm³/mol. The molecule has 0 nitrogen and oxygen atoms in total. The molecule has 0 radical (unpaired) electrons. The van der Waals surface area contributed by atoms with Crippen LogP contribution in [-0.4, -0.2) is 5.88 Å². The minimum absolute atomic E-state index is 0.168. The second kappa shape index (κ2) is 6.33. The molecule has 2 rings (SSSR count). The molecule has 18 heavy (non-hydrogen) atoms. The Morgan fingerprint density at radius 3 is 2.56 bits per heavy atom. The van der Waals surface area contributed by atoms with Crippen LogP contribution in [0.25, 0.3) is 0 Å². The van der Waals surface area contributed by atoms with Gasteiger partial charge in [0.15, 0.2) is 0 Å². The van der Waals surface area contributed by atoms with Gasteiger partial charge in [-0.25, -0.2) is 8.78 Å². The molecule has 1 fully saturated rings. The molecule has 1 aliphatic rings. The van der Waals surface area contributed by atoms with Gasteiger partial charge in [-0.05, 0) is 46.3 Å². The first-order valence-corrected chi connectivity index (χ1v) is 7.64. The summed E-state index contributed by atoms with van der Waals surface area (Å²) in [6, 6.07) is 2.71. The monoisotopic (exact) mass is 336 g/mol. The van der Waals surface area contributed by atoms with Gasteiger partial charge in [-0.15, -0.1) is 11.6 Å². The Bertz CT molecular complexity index is 417. The molecule has 0 N–H and O–H groups in total. The van der Waals surface area contributed by atoms with Crippen molar-refractivity contribution in [3.63, 3.8) is 0 Å². The molecule has 1 aromatic carbocycles. The Balaban J connectivity index is 2.18. The van der Waals surface area contributed by atoms with Crippen LogP contribution in [0.1, 0.15) is 31.2 Å². The van der Waals surface area contributed by atoms with E-state index in [2.05, 4.69) is 15.9 Å². The summed E-state index contributed by atoms with van der Waals surface area (Å²) in [6.45, 7) is 0. The number of hydrogen-bond donors (Lipinski definition) is 0. The molecule has 0 amide bonds. The SMILES string of the molecule is Fc1ccc(Br)c(F)c1CC(CCl)C1CCCC1. The molecule has 100 valence electrons. The van der Waals surface area contributed by atoms with Crippen LogP contribution in [0.5, 0.6) is 0 Å². The molecule has 1 unspecified atom stereocenters. The summed E-state index contributed by atoms with van der Waals surface area (Å²) in [7, 11) is 0. The van der Waals surface area contributed by atoms with Gasteiger partial charge in [-0.1, -0.05) is 25.7 Å². The zero-order chi connectivity index (χ0) is 13.1. The van der Waals surface area contributed by atoms with Crippen LogP contribution in [0.2, 0.25) is 0 Å². The zero-order valence-corrected chi connectivity index (χ0v) is 12.4. The van der Waals surface area contributed by atoms with Crippen molar-refractivity contribution in [3.05, 3.63) is 33.8 Å². The van der Waals surface area contributed by atoms with Crippen molar-refractivity contribution in [2.75, 3.05) is 5.88 Å². The second-order valence-corrected chi connectivity index (χ2v) is 6.15. The smallest absolute Gasteiger partial charge is 0.143 e. The van der Waals surface area contributed by atoms with E-state index in [1.54, 1.807) is 0 Å². The highest BCUT2D eigenvalue weighted by atomic mass is 79.9. The molecule has 0 saturated heterocycles. The van der Waals surface area contributed by atoms with Crippen LogP contribution in [0.4, 0.5) is 8.78 Å². The summed E-state index contributed by atoms with van der Waals surface area (Å²) in [5, 5.41) is 0. The van der Waals surface area contributed by atoms with Gasteiger partial charge in [0, 0.05) is 11.4 Å². The Morgan fingerprint density at radius 1 is 1.28 bits per heavy atom. The summed E-state index contributed by atoms with van der Waals surface area (Å²) < 4.78 is 27.9. The van der Waals surface area contributed by atoms with Crippen LogP contribution in [0.3, 0.4) is 0 Å². The lowest BCUT2D eigenvalue weighted by atomic mass is 9.87. The van der Waals surface area contributed by atoms with E-state index < -0.39 is 11.6 Å². The van der Waals surface area contributed by atoms with Gasteiger partial charge >= 0.3 is 0 Å². The molecule has 1 saturated carbocycles. The Labute approximate surface area is 120 Å². The fourth-order valence-electron chi connectivity index (χ4n) is 2.79. The highest BCUT2D eigenvalue weighted by Crippen LogP contribution is 2.35. The number of benzene rings is 1. The number of halogens is 4. The molecular formula is C14H16BrClF2. The maximum absolute atomic E-state index is 13.9. The minimum atomic E-state index is -0.483. The van der Waals surface area contributed by atoms with Gasteiger partial charge in [-0.3, -0.25) is 0 Å². The Morgan fingerprint density at radius 2 is 1.94 bits per heavy atom. The average Bonchev–Trinajstić information content (AvgIpc) is 2.88. The Hall–Kier alpha value is -0.150. The lowest BCUT2D eigenvalue weighted by molar-refractivity contribution is 0.359. The van der Waals surface area contributed by atoms with Crippen LogP contribution in [0, 0.1) is 23.5 Å². The standard InChI is InChI=1S/C14H16BrClF2/c15-12-5-6-13(17)11(14(12)18)7-10(8-16)9-3-1-2-4-9/h5-6,9-10H,1-4,7-8H2. The largest absolute Gasteiger partial charge is 0.207 e. The number of rotatable bonds is 4. The van der Waals surface area contributed by atoms with Crippen molar-refractivity contribution in [2.45, 2.75) is 32.1 Å². The van der Waals surface area contributed by atoms with Crippen molar-refractivity contribution in [2.24, 2.45) is 11.8 Å². The predicted octanol–water partition coefficient (Wildman–Crippen LogP) is 5.32. The van der Waals surface area contributed by atoms with E-state index >= 15 is 0 Å². The van der Waals surface area contributed by atoms with Crippen molar-refractivity contribution >= 4 is 27.5 Å². The summed E-state index contributed by atoms with van der Waals surface area (Å²) >= 11 is 9.09. The zero-order valence-electron chi connectivity index (χ0n) is 10.1. The summed E-state index contributed by atoms with van der Waals surface area (Å²) in [6.07, 6.45) is 5.08. The van der Waals surface area contributed by atoms with Crippen molar-refractivity contribution in [3.8, 4) is 0 Å². The maximum Gasteiger partial charge on any atom is 0.143 e. The van der Waals surface area contributed by atoms with Gasteiger partial charge in [0.2, 0.25) is 0 Å². The Kier molecular flexibility index (Phi) is 5.02. The van der Waals surface area contributed by atoms with Gasteiger partial charge < -0.3 is 0 Å². The lowest BCUT2D eigenvalue weighted by Gasteiger charge is -2.21. The van der Waals surface area contributed by atoms with Crippen molar-refractivity contribution in [1.82, 2.24) is 0 Å². The molecule has 0 aliphatic heterocycles.